The van der Waals surface area contributed by atoms with Gasteiger partial charge in [-0.25, -0.2) is 4.98 Å². The van der Waals surface area contributed by atoms with E-state index in [2.05, 4.69) is 40.5 Å². The molecule has 3 heterocycles. The fourth-order valence-corrected chi connectivity index (χ4v) is 5.73. The van der Waals surface area contributed by atoms with Crippen LogP contribution >= 0.6 is 0 Å². The first-order valence-corrected chi connectivity index (χ1v) is 12.9. The Morgan fingerprint density at radius 1 is 1.19 bits per heavy atom. The summed E-state index contributed by atoms with van der Waals surface area (Å²) in [6.45, 7) is -0.110. The highest BCUT2D eigenvalue weighted by Crippen LogP contribution is 2.40. The smallest absolute Gasteiger partial charge is 0.224 e. The summed E-state index contributed by atoms with van der Waals surface area (Å²) < 4.78 is 5.74. The Labute approximate surface area is 215 Å². The van der Waals surface area contributed by atoms with Crippen molar-refractivity contribution in [1.29, 1.82) is 0 Å². The summed E-state index contributed by atoms with van der Waals surface area (Å²) in [5.41, 5.74) is 9.07. The van der Waals surface area contributed by atoms with Gasteiger partial charge in [0.25, 0.3) is 0 Å². The first-order chi connectivity index (χ1) is 18.1. The van der Waals surface area contributed by atoms with Crippen LogP contribution in [-0.2, 0) is 17.6 Å². The number of ether oxygens (including phenoxy) is 1. The second-order valence-corrected chi connectivity index (χ2v) is 10.1. The summed E-state index contributed by atoms with van der Waals surface area (Å²) in [4.78, 5) is 23.6. The minimum atomic E-state index is -0.110. The van der Waals surface area contributed by atoms with E-state index in [0.717, 1.165) is 70.7 Å². The van der Waals surface area contributed by atoms with E-state index < -0.39 is 0 Å². The summed E-state index contributed by atoms with van der Waals surface area (Å²) in [7, 11) is 3.50. The lowest BCUT2D eigenvalue weighted by molar-refractivity contribution is -0.134. The molecule has 190 valence electrons. The van der Waals surface area contributed by atoms with Gasteiger partial charge in [-0.2, -0.15) is 5.10 Å². The molecular weight excluding hydrogens is 466 g/mol. The molecule has 2 aliphatic rings. The number of carbonyl (C=O) groups is 1. The first kappa shape index (κ1) is 23.6. The third-order valence-electron chi connectivity index (χ3n) is 7.98. The van der Waals surface area contributed by atoms with Gasteiger partial charge in [0, 0.05) is 54.5 Å². The molecule has 0 atom stereocenters. The van der Waals surface area contributed by atoms with E-state index in [9.17, 15) is 4.79 Å². The van der Waals surface area contributed by atoms with Gasteiger partial charge in [0.1, 0.15) is 22.7 Å². The van der Waals surface area contributed by atoms with Gasteiger partial charge in [-0.3, -0.25) is 14.9 Å². The number of fused-ring (bicyclic) bond motifs is 2. The molecule has 6 rings (SSSR count). The molecular formula is C29H31N5O3. The number of nitrogens with one attached hydrogen (secondary N) is 1. The Balaban J connectivity index is 1.27. The van der Waals surface area contributed by atoms with Gasteiger partial charge in [-0.1, -0.05) is 18.2 Å². The van der Waals surface area contributed by atoms with Crippen molar-refractivity contribution in [2.75, 3.05) is 20.8 Å². The maximum atomic E-state index is 12.0. The van der Waals surface area contributed by atoms with Gasteiger partial charge in [0.05, 0.1) is 19.2 Å². The van der Waals surface area contributed by atoms with Crippen molar-refractivity contribution in [3.63, 3.8) is 0 Å². The zero-order valence-corrected chi connectivity index (χ0v) is 21.2. The van der Waals surface area contributed by atoms with Gasteiger partial charge in [-0.05, 0) is 55.4 Å². The molecule has 0 bridgehead atoms. The second-order valence-electron chi connectivity index (χ2n) is 10.1. The molecule has 4 aromatic rings. The zero-order chi connectivity index (χ0) is 25.5. The van der Waals surface area contributed by atoms with Crippen LogP contribution in [0.4, 0.5) is 0 Å². The molecule has 2 aliphatic carbocycles. The fraction of sp³-hybridized carbons (Fsp3) is 0.379. The molecule has 3 aromatic heterocycles. The van der Waals surface area contributed by atoms with E-state index in [-0.39, 0.29) is 25.0 Å². The number of aromatic amines is 1. The molecule has 0 aliphatic heterocycles. The number of hydrogen-bond donors (Lipinski definition) is 2. The first-order valence-electron chi connectivity index (χ1n) is 12.9. The third-order valence-corrected chi connectivity index (χ3v) is 7.98. The van der Waals surface area contributed by atoms with Gasteiger partial charge >= 0.3 is 0 Å². The number of pyridine rings is 2. The Bertz CT molecular complexity index is 1460. The van der Waals surface area contributed by atoms with E-state index in [4.69, 9.17) is 19.8 Å². The van der Waals surface area contributed by atoms with Crippen molar-refractivity contribution in [1.82, 2.24) is 25.1 Å². The Morgan fingerprint density at radius 2 is 2.05 bits per heavy atom. The number of carbonyl (C=O) groups excluding carboxylic acids is 1. The predicted octanol–water partition coefficient (Wildman–Crippen LogP) is 4.27. The van der Waals surface area contributed by atoms with E-state index in [1.54, 1.807) is 12.0 Å². The number of aryl methyl sites for hydroxylation is 1. The minimum absolute atomic E-state index is 0.0105. The topological polar surface area (TPSA) is 104 Å². The molecule has 37 heavy (non-hydrogen) atoms. The number of amides is 1. The SMILES string of the molecule is COc1cc2[nH]nc(-c3ccc(C4CC(N(C)C(=O)CCO)C4)nc3)c2nc1-c1cccc2c1CCC2. The number of aromatic nitrogens is 4. The largest absolute Gasteiger partial charge is 0.494 e. The van der Waals surface area contributed by atoms with E-state index in [1.165, 1.54) is 17.5 Å². The minimum Gasteiger partial charge on any atom is -0.494 e. The van der Waals surface area contributed by atoms with Crippen molar-refractivity contribution < 1.29 is 14.6 Å². The standard InChI is InChI=1S/C29H31N5O3/c1-34(26(36)11-12-35)20-13-19(14-20)23-10-9-18(16-30-23)27-29-24(32-33-27)15-25(37-2)28(31-29)22-8-4-6-17-5-3-7-21(17)22/h4,6,8-10,15-16,19-20,35H,3,5,7,11-14H2,1-2H3,(H,32,33). The monoisotopic (exact) mass is 497 g/mol. The number of rotatable bonds is 7. The number of methoxy groups -OCH3 is 1. The molecule has 0 spiro atoms. The Kier molecular flexibility index (Phi) is 6.12. The maximum Gasteiger partial charge on any atom is 0.224 e. The van der Waals surface area contributed by atoms with Crippen molar-refractivity contribution in [3.05, 3.63) is 59.4 Å². The van der Waals surface area contributed by atoms with Crippen molar-refractivity contribution in [2.45, 2.75) is 50.5 Å². The molecule has 8 nitrogen and oxygen atoms in total. The molecule has 0 saturated heterocycles. The number of aliphatic hydroxyl groups is 1. The lowest BCUT2D eigenvalue weighted by atomic mass is 9.77. The van der Waals surface area contributed by atoms with Gasteiger partial charge < -0.3 is 14.7 Å². The Morgan fingerprint density at radius 3 is 2.81 bits per heavy atom. The average Bonchev–Trinajstić information content (AvgIpc) is 3.54. The van der Waals surface area contributed by atoms with Crippen LogP contribution in [0.1, 0.15) is 48.4 Å². The van der Waals surface area contributed by atoms with Gasteiger partial charge in [0.15, 0.2) is 0 Å². The van der Waals surface area contributed by atoms with Crippen molar-refractivity contribution >= 4 is 16.9 Å². The lowest BCUT2D eigenvalue weighted by Crippen LogP contribution is -2.45. The van der Waals surface area contributed by atoms with E-state index in [1.807, 2.05) is 19.3 Å². The highest BCUT2D eigenvalue weighted by Gasteiger charge is 2.35. The maximum absolute atomic E-state index is 12.0. The molecule has 1 amide bonds. The summed E-state index contributed by atoms with van der Waals surface area (Å²) in [6.07, 6.45) is 7.16. The average molecular weight is 498 g/mol. The summed E-state index contributed by atoms with van der Waals surface area (Å²) in [5, 5.41) is 16.7. The van der Waals surface area contributed by atoms with Crippen LogP contribution in [0.5, 0.6) is 5.75 Å². The zero-order valence-electron chi connectivity index (χ0n) is 21.2. The Hall–Kier alpha value is -3.78. The summed E-state index contributed by atoms with van der Waals surface area (Å²) in [6, 6.07) is 12.7. The lowest BCUT2D eigenvalue weighted by Gasteiger charge is -2.41. The van der Waals surface area contributed by atoms with E-state index in [0.29, 0.717) is 5.92 Å². The van der Waals surface area contributed by atoms with Crippen LogP contribution < -0.4 is 4.74 Å². The van der Waals surface area contributed by atoms with Gasteiger partial charge in [-0.15, -0.1) is 0 Å². The van der Waals surface area contributed by atoms with Crippen LogP contribution in [0.2, 0.25) is 0 Å². The van der Waals surface area contributed by atoms with Crippen LogP contribution in [0, 0.1) is 0 Å². The summed E-state index contributed by atoms with van der Waals surface area (Å²) >= 11 is 0. The van der Waals surface area contributed by atoms with Crippen molar-refractivity contribution in [2.24, 2.45) is 0 Å². The van der Waals surface area contributed by atoms with Gasteiger partial charge in [0.2, 0.25) is 5.91 Å². The second kappa shape index (κ2) is 9.59. The highest BCUT2D eigenvalue weighted by molar-refractivity contribution is 5.93. The molecule has 1 saturated carbocycles. The number of hydrogen-bond acceptors (Lipinski definition) is 6. The molecule has 0 unspecified atom stereocenters. The number of aliphatic hydroxyl groups excluding tert-OH is 1. The number of benzene rings is 1. The van der Waals surface area contributed by atoms with Crippen LogP contribution in [0.25, 0.3) is 33.5 Å². The summed E-state index contributed by atoms with van der Waals surface area (Å²) in [5.74, 6) is 1.05. The normalized spacial score (nSPS) is 18.5. The number of nitrogens with zero attached hydrogens (tertiary/aromatic N) is 4. The highest BCUT2D eigenvalue weighted by atomic mass is 16.5. The molecule has 1 fully saturated rings. The van der Waals surface area contributed by atoms with Crippen LogP contribution in [0.3, 0.4) is 0 Å². The van der Waals surface area contributed by atoms with Crippen molar-refractivity contribution in [3.8, 4) is 28.3 Å². The predicted molar refractivity (Wildman–Crippen MR) is 141 cm³/mol. The molecule has 8 heteroatoms. The van der Waals surface area contributed by atoms with E-state index >= 15 is 0 Å². The number of H-pyrrole nitrogens is 1. The molecule has 1 aromatic carbocycles. The molecule has 2 N–H and O–H groups in total. The van der Waals surface area contributed by atoms with Crippen LogP contribution in [0.15, 0.2) is 42.6 Å². The quantitative estimate of drug-likeness (QED) is 0.395. The fourth-order valence-electron chi connectivity index (χ4n) is 5.73. The van der Waals surface area contributed by atoms with Crippen LogP contribution in [-0.4, -0.2) is 62.9 Å². The third kappa shape index (κ3) is 4.15. The molecule has 0 radical (unpaired) electrons.